The normalized spacial score (nSPS) is 25.9. The summed E-state index contributed by atoms with van der Waals surface area (Å²) in [5.74, 6) is -0.725. The number of carbonyl (C=O) groups is 2. The molecule has 2 fully saturated rings. The fourth-order valence-corrected chi connectivity index (χ4v) is 7.72. The molecule has 0 saturated carbocycles. The Labute approximate surface area is 230 Å². The SMILES string of the molecule is C/C=C/C(=O)OCCN1C(C)(C)CC(O)(C2(O)CC(C)(C)N(CCOC(=O)/C=C/C)C(C)(C)C2)CC1(C)C. The third-order valence-electron chi connectivity index (χ3n) is 8.41. The number of ether oxygens (including phenoxy) is 2. The molecule has 0 aliphatic carbocycles. The summed E-state index contributed by atoms with van der Waals surface area (Å²) < 4.78 is 10.7. The molecular formula is C30H52N2O6. The lowest BCUT2D eigenvalue weighted by atomic mass is 9.57. The molecule has 2 aliphatic rings. The highest BCUT2D eigenvalue weighted by molar-refractivity contribution is 5.82. The van der Waals surface area contributed by atoms with Gasteiger partial charge in [0.15, 0.2) is 0 Å². The molecule has 8 heteroatoms. The van der Waals surface area contributed by atoms with Gasteiger partial charge in [0.05, 0.1) is 11.2 Å². The van der Waals surface area contributed by atoms with E-state index in [0.29, 0.717) is 38.8 Å². The Morgan fingerprint density at radius 3 is 1.13 bits per heavy atom. The van der Waals surface area contributed by atoms with Crippen LogP contribution in [0.25, 0.3) is 0 Å². The number of likely N-dealkylation sites (tertiary alicyclic amines) is 2. The van der Waals surface area contributed by atoms with E-state index in [-0.39, 0.29) is 25.2 Å². The molecule has 0 radical (unpaired) electrons. The van der Waals surface area contributed by atoms with E-state index >= 15 is 0 Å². The first-order chi connectivity index (χ1) is 17.3. The predicted molar refractivity (Wildman–Crippen MR) is 150 cm³/mol. The minimum atomic E-state index is -1.32. The van der Waals surface area contributed by atoms with E-state index < -0.39 is 33.4 Å². The van der Waals surface area contributed by atoms with E-state index in [1.165, 1.54) is 12.2 Å². The monoisotopic (exact) mass is 536 g/mol. The third-order valence-corrected chi connectivity index (χ3v) is 8.41. The van der Waals surface area contributed by atoms with Gasteiger partial charge in [0.1, 0.15) is 13.2 Å². The van der Waals surface area contributed by atoms with Crippen LogP contribution >= 0.6 is 0 Å². The van der Waals surface area contributed by atoms with Gasteiger partial charge >= 0.3 is 11.9 Å². The molecule has 2 heterocycles. The van der Waals surface area contributed by atoms with E-state index in [0.717, 1.165) is 0 Å². The van der Waals surface area contributed by atoms with Crippen LogP contribution in [0.15, 0.2) is 24.3 Å². The van der Waals surface area contributed by atoms with E-state index in [4.69, 9.17) is 9.47 Å². The van der Waals surface area contributed by atoms with Gasteiger partial charge in [-0.05, 0) is 94.9 Å². The van der Waals surface area contributed by atoms with Crippen molar-refractivity contribution >= 4 is 11.9 Å². The van der Waals surface area contributed by atoms with Crippen LogP contribution < -0.4 is 0 Å². The lowest BCUT2D eigenvalue weighted by Crippen LogP contribution is -2.76. The van der Waals surface area contributed by atoms with Gasteiger partial charge in [-0.25, -0.2) is 9.59 Å². The Bertz CT molecular complexity index is 808. The Balaban J connectivity index is 2.25. The molecule has 0 spiro atoms. The number of carbonyl (C=O) groups excluding carboxylic acids is 2. The molecular weight excluding hydrogens is 484 g/mol. The molecule has 38 heavy (non-hydrogen) atoms. The molecule has 0 atom stereocenters. The number of piperidine rings is 2. The average Bonchev–Trinajstić information content (AvgIpc) is 2.70. The Kier molecular flexibility index (Phi) is 9.74. The van der Waals surface area contributed by atoms with Crippen LogP contribution in [0.3, 0.4) is 0 Å². The van der Waals surface area contributed by atoms with Crippen molar-refractivity contribution in [3.63, 3.8) is 0 Å². The first-order valence-corrected chi connectivity index (χ1v) is 13.8. The third kappa shape index (κ3) is 7.06. The van der Waals surface area contributed by atoms with E-state index in [1.54, 1.807) is 26.0 Å². The van der Waals surface area contributed by atoms with Crippen molar-refractivity contribution in [1.82, 2.24) is 9.80 Å². The van der Waals surface area contributed by atoms with Gasteiger partial charge in [-0.2, -0.15) is 0 Å². The van der Waals surface area contributed by atoms with Crippen LogP contribution in [-0.2, 0) is 19.1 Å². The summed E-state index contributed by atoms with van der Waals surface area (Å²) in [6.07, 6.45) is 7.66. The van der Waals surface area contributed by atoms with Gasteiger partial charge < -0.3 is 19.7 Å². The Hall–Kier alpha value is -1.74. The molecule has 218 valence electrons. The van der Waals surface area contributed by atoms with Crippen LogP contribution in [0.4, 0.5) is 0 Å². The Morgan fingerprint density at radius 1 is 0.632 bits per heavy atom. The number of nitrogens with zero attached hydrogens (tertiary/aromatic N) is 2. The van der Waals surface area contributed by atoms with Gasteiger partial charge in [0.25, 0.3) is 0 Å². The summed E-state index contributed by atoms with van der Waals surface area (Å²) >= 11 is 0. The fourth-order valence-electron chi connectivity index (χ4n) is 7.72. The second-order valence-corrected chi connectivity index (χ2v) is 13.7. The first-order valence-electron chi connectivity index (χ1n) is 13.8. The van der Waals surface area contributed by atoms with Crippen molar-refractivity contribution in [1.29, 1.82) is 0 Å². The Morgan fingerprint density at radius 2 is 0.895 bits per heavy atom. The van der Waals surface area contributed by atoms with Crippen molar-refractivity contribution in [2.75, 3.05) is 26.3 Å². The minimum absolute atomic E-state index is 0.256. The molecule has 2 aliphatic heterocycles. The minimum Gasteiger partial charge on any atom is -0.461 e. The summed E-state index contributed by atoms with van der Waals surface area (Å²) in [6, 6.07) is 0. The quantitative estimate of drug-likeness (QED) is 0.337. The summed E-state index contributed by atoms with van der Waals surface area (Å²) in [4.78, 5) is 28.2. The topological polar surface area (TPSA) is 99.5 Å². The van der Waals surface area contributed by atoms with Crippen LogP contribution in [0, 0.1) is 0 Å². The van der Waals surface area contributed by atoms with Crippen LogP contribution in [-0.4, -0.2) is 91.6 Å². The predicted octanol–water partition coefficient (Wildman–Crippen LogP) is 3.99. The molecule has 0 amide bonds. The fraction of sp³-hybridized carbons (Fsp3) is 0.800. The highest BCUT2D eigenvalue weighted by atomic mass is 16.5. The van der Waals surface area contributed by atoms with Gasteiger partial charge in [0, 0.05) is 47.4 Å². The first kappa shape index (κ1) is 32.5. The molecule has 2 saturated heterocycles. The standard InChI is InChI=1S/C30H52N2O6/c1-11-13-23(33)37-17-15-31-25(3,4)19-29(35,20-26(31,5)6)30(36)21-27(7,8)32(28(9,10)22-30)16-18-38-24(34)14-12-2/h11-14,35-36H,15-22H2,1-10H3/b13-11+,14-12+. The zero-order chi connectivity index (χ0) is 29.2. The molecule has 8 nitrogen and oxygen atoms in total. The average molecular weight is 537 g/mol. The maximum atomic E-state index is 12.3. The van der Waals surface area contributed by atoms with Crippen molar-refractivity contribution < 1.29 is 29.3 Å². The number of hydrogen-bond acceptors (Lipinski definition) is 8. The molecule has 2 rings (SSSR count). The zero-order valence-corrected chi connectivity index (χ0v) is 25.4. The highest BCUT2D eigenvalue weighted by Crippen LogP contribution is 2.55. The summed E-state index contributed by atoms with van der Waals surface area (Å²) in [6.45, 7) is 21.8. The van der Waals surface area contributed by atoms with Crippen molar-refractivity contribution in [2.24, 2.45) is 0 Å². The summed E-state index contributed by atoms with van der Waals surface area (Å²) in [5.41, 5.74) is -4.46. The lowest BCUT2D eigenvalue weighted by molar-refractivity contribution is -0.263. The molecule has 0 unspecified atom stereocenters. The van der Waals surface area contributed by atoms with E-state index in [1.807, 2.05) is 0 Å². The van der Waals surface area contributed by atoms with Crippen molar-refractivity contribution in [3.8, 4) is 0 Å². The van der Waals surface area contributed by atoms with E-state index in [9.17, 15) is 19.8 Å². The lowest BCUT2D eigenvalue weighted by Gasteiger charge is -2.66. The smallest absolute Gasteiger partial charge is 0.330 e. The molecule has 0 aromatic carbocycles. The summed E-state index contributed by atoms with van der Waals surface area (Å²) in [5, 5.41) is 24.6. The molecule has 0 bridgehead atoms. The van der Waals surface area contributed by atoms with Crippen LogP contribution in [0.5, 0.6) is 0 Å². The van der Waals surface area contributed by atoms with Gasteiger partial charge in [-0.1, -0.05) is 12.2 Å². The summed E-state index contributed by atoms with van der Waals surface area (Å²) in [7, 11) is 0. The van der Waals surface area contributed by atoms with Crippen molar-refractivity contribution in [3.05, 3.63) is 24.3 Å². The van der Waals surface area contributed by atoms with Crippen LogP contribution in [0.2, 0.25) is 0 Å². The number of aliphatic hydroxyl groups is 2. The van der Waals surface area contributed by atoms with Gasteiger partial charge in [-0.3, -0.25) is 9.80 Å². The largest absolute Gasteiger partial charge is 0.461 e. The molecule has 0 aromatic rings. The highest BCUT2D eigenvalue weighted by Gasteiger charge is 2.64. The second-order valence-electron chi connectivity index (χ2n) is 13.7. The van der Waals surface area contributed by atoms with Crippen molar-refractivity contribution in [2.45, 2.75) is 128 Å². The number of esters is 2. The van der Waals surface area contributed by atoms with E-state index in [2.05, 4.69) is 65.2 Å². The van der Waals surface area contributed by atoms with Gasteiger partial charge in [0.2, 0.25) is 0 Å². The maximum absolute atomic E-state index is 12.3. The van der Waals surface area contributed by atoms with Crippen LogP contribution in [0.1, 0.15) is 94.9 Å². The number of allylic oxidation sites excluding steroid dienone is 2. The number of rotatable bonds is 9. The zero-order valence-electron chi connectivity index (χ0n) is 25.4. The van der Waals surface area contributed by atoms with Gasteiger partial charge in [-0.15, -0.1) is 0 Å². The molecule has 0 aromatic heterocycles. The second kappa shape index (κ2) is 11.4. The number of hydrogen-bond donors (Lipinski definition) is 2. The maximum Gasteiger partial charge on any atom is 0.330 e. The molecule has 2 N–H and O–H groups in total.